The molecule has 0 aromatic rings. The van der Waals surface area contributed by atoms with Crippen LogP contribution in [0.5, 0.6) is 0 Å². The molecule has 1 saturated carbocycles. The van der Waals surface area contributed by atoms with Gasteiger partial charge in [-0.2, -0.15) is 0 Å². The fourth-order valence-electron chi connectivity index (χ4n) is 1.43. The van der Waals surface area contributed by atoms with Gasteiger partial charge in [0, 0.05) is 20.0 Å². The van der Waals surface area contributed by atoms with E-state index in [1.165, 1.54) is 7.11 Å². The van der Waals surface area contributed by atoms with Crippen molar-refractivity contribution in [3.63, 3.8) is 0 Å². The van der Waals surface area contributed by atoms with Gasteiger partial charge < -0.3 is 4.74 Å². The zero-order valence-corrected chi connectivity index (χ0v) is 7.07. The Morgan fingerprint density at radius 1 is 1.25 bits per heavy atom. The molecule has 0 bridgehead atoms. The maximum atomic E-state index is 12.7. The zero-order chi connectivity index (χ0) is 9.24. The molecule has 0 aliphatic heterocycles. The summed E-state index contributed by atoms with van der Waals surface area (Å²) in [6.07, 6.45) is 5.41. The van der Waals surface area contributed by atoms with Crippen LogP contribution in [0.15, 0.2) is 0 Å². The molecule has 1 nitrogen and oxygen atoms in total. The molecule has 0 radical (unpaired) electrons. The molecule has 0 spiro atoms. The summed E-state index contributed by atoms with van der Waals surface area (Å²) in [5.41, 5.74) is -0.734. The number of halogens is 2. The maximum absolute atomic E-state index is 12.7. The highest BCUT2D eigenvalue weighted by Crippen LogP contribution is 2.39. The second-order valence-electron chi connectivity index (χ2n) is 3.20. The number of ether oxygens (including phenoxy) is 1. The van der Waals surface area contributed by atoms with Gasteiger partial charge in [-0.1, -0.05) is 5.92 Å². The van der Waals surface area contributed by atoms with E-state index in [1.807, 2.05) is 0 Å². The van der Waals surface area contributed by atoms with Crippen molar-refractivity contribution in [2.45, 2.75) is 37.2 Å². The van der Waals surface area contributed by atoms with Gasteiger partial charge in [-0.05, 0) is 12.8 Å². The van der Waals surface area contributed by atoms with Crippen LogP contribution in [0.4, 0.5) is 8.78 Å². The minimum Gasteiger partial charge on any atom is -0.366 e. The third kappa shape index (κ3) is 1.75. The minimum atomic E-state index is -2.54. The lowest BCUT2D eigenvalue weighted by Crippen LogP contribution is -2.38. The number of methoxy groups -OCH3 is 1. The Balaban J connectivity index is 2.61. The first kappa shape index (κ1) is 9.47. The number of hydrogen-bond acceptors (Lipinski definition) is 1. The topological polar surface area (TPSA) is 9.23 Å². The van der Waals surface area contributed by atoms with Gasteiger partial charge in [-0.15, -0.1) is 6.42 Å². The van der Waals surface area contributed by atoms with Gasteiger partial charge in [-0.3, -0.25) is 0 Å². The second-order valence-corrected chi connectivity index (χ2v) is 3.20. The number of alkyl halides is 2. The summed E-state index contributed by atoms with van der Waals surface area (Å²) in [6.45, 7) is 0. The molecule has 0 aromatic heterocycles. The molecule has 0 heterocycles. The lowest BCUT2D eigenvalue weighted by molar-refractivity contribution is -0.0945. The molecule has 1 aliphatic rings. The van der Waals surface area contributed by atoms with Crippen LogP contribution in [0, 0.1) is 12.3 Å². The van der Waals surface area contributed by atoms with E-state index < -0.39 is 11.5 Å². The largest absolute Gasteiger partial charge is 0.366 e. The van der Waals surface area contributed by atoms with Crippen molar-refractivity contribution in [1.29, 1.82) is 0 Å². The highest BCUT2D eigenvalue weighted by Gasteiger charge is 2.42. The molecule has 1 fully saturated rings. The number of rotatable bonds is 1. The second kappa shape index (κ2) is 3.02. The SMILES string of the molecule is C#CC1(OC)CCC(F)(F)CC1. The quantitative estimate of drug-likeness (QED) is 0.554. The van der Waals surface area contributed by atoms with E-state index in [-0.39, 0.29) is 25.7 Å². The van der Waals surface area contributed by atoms with Gasteiger partial charge in [0.05, 0.1) is 0 Å². The Hall–Kier alpha value is -0.620. The van der Waals surface area contributed by atoms with Crippen LogP contribution in [-0.4, -0.2) is 18.6 Å². The molecule has 0 N–H and O–H groups in total. The monoisotopic (exact) mass is 174 g/mol. The van der Waals surface area contributed by atoms with E-state index >= 15 is 0 Å². The predicted octanol–water partition coefficient (Wildman–Crippen LogP) is 2.21. The molecule has 0 saturated heterocycles. The average Bonchev–Trinajstić information content (AvgIpc) is 2.06. The summed E-state index contributed by atoms with van der Waals surface area (Å²) in [6, 6.07) is 0. The summed E-state index contributed by atoms with van der Waals surface area (Å²) in [5, 5.41) is 0. The zero-order valence-electron chi connectivity index (χ0n) is 7.07. The minimum absolute atomic E-state index is 0.162. The van der Waals surface area contributed by atoms with Crippen molar-refractivity contribution >= 4 is 0 Å². The van der Waals surface area contributed by atoms with Crippen LogP contribution >= 0.6 is 0 Å². The van der Waals surface area contributed by atoms with E-state index in [4.69, 9.17) is 11.2 Å². The summed E-state index contributed by atoms with van der Waals surface area (Å²) in [5.74, 6) is -0.0935. The lowest BCUT2D eigenvalue weighted by Gasteiger charge is -2.34. The Kier molecular flexibility index (Phi) is 2.39. The summed E-state index contributed by atoms with van der Waals surface area (Å²) < 4.78 is 30.4. The van der Waals surface area contributed by atoms with E-state index in [2.05, 4.69) is 5.92 Å². The molecule has 12 heavy (non-hydrogen) atoms. The first-order chi connectivity index (χ1) is 5.54. The fraction of sp³-hybridized carbons (Fsp3) is 0.778. The number of hydrogen-bond donors (Lipinski definition) is 0. The Bertz CT molecular complexity index is 195. The van der Waals surface area contributed by atoms with Gasteiger partial charge in [0.25, 0.3) is 0 Å². The molecule has 68 valence electrons. The Morgan fingerprint density at radius 3 is 2.08 bits per heavy atom. The van der Waals surface area contributed by atoms with E-state index in [9.17, 15) is 8.78 Å². The highest BCUT2D eigenvalue weighted by molar-refractivity contribution is 5.11. The van der Waals surface area contributed by atoms with Crippen LogP contribution in [0.1, 0.15) is 25.7 Å². The lowest BCUT2D eigenvalue weighted by atomic mass is 9.83. The molecular formula is C9H12F2O. The third-order valence-electron chi connectivity index (χ3n) is 2.44. The van der Waals surface area contributed by atoms with Crippen LogP contribution < -0.4 is 0 Å². The van der Waals surface area contributed by atoms with Crippen molar-refractivity contribution in [3.8, 4) is 12.3 Å². The third-order valence-corrected chi connectivity index (χ3v) is 2.44. The summed E-state index contributed by atoms with van der Waals surface area (Å²) in [4.78, 5) is 0. The maximum Gasteiger partial charge on any atom is 0.248 e. The first-order valence-corrected chi connectivity index (χ1v) is 3.94. The van der Waals surface area contributed by atoms with Gasteiger partial charge >= 0.3 is 0 Å². The van der Waals surface area contributed by atoms with E-state index in [0.29, 0.717) is 0 Å². The van der Waals surface area contributed by atoms with Crippen LogP contribution in [0.3, 0.4) is 0 Å². The smallest absolute Gasteiger partial charge is 0.248 e. The Morgan fingerprint density at radius 2 is 1.75 bits per heavy atom. The van der Waals surface area contributed by atoms with Crippen molar-refractivity contribution in [2.75, 3.05) is 7.11 Å². The van der Waals surface area contributed by atoms with Gasteiger partial charge in [0.15, 0.2) is 0 Å². The molecule has 0 atom stereocenters. The molecule has 0 aromatic carbocycles. The van der Waals surface area contributed by atoms with Crippen molar-refractivity contribution in [2.24, 2.45) is 0 Å². The van der Waals surface area contributed by atoms with E-state index in [1.54, 1.807) is 0 Å². The van der Waals surface area contributed by atoms with Crippen molar-refractivity contribution in [1.82, 2.24) is 0 Å². The standard InChI is InChI=1S/C9H12F2O/c1-3-8(12-2)4-6-9(10,11)7-5-8/h1H,4-7H2,2H3. The average molecular weight is 174 g/mol. The molecule has 0 unspecified atom stereocenters. The Labute approximate surface area is 71.1 Å². The molecular weight excluding hydrogens is 162 g/mol. The normalized spacial score (nSPS) is 26.2. The van der Waals surface area contributed by atoms with Crippen LogP contribution in [-0.2, 0) is 4.74 Å². The molecule has 3 heteroatoms. The van der Waals surface area contributed by atoms with Gasteiger partial charge in [-0.25, -0.2) is 8.78 Å². The highest BCUT2D eigenvalue weighted by atomic mass is 19.3. The van der Waals surface area contributed by atoms with Crippen molar-refractivity contribution in [3.05, 3.63) is 0 Å². The molecule has 1 rings (SSSR count). The molecule has 0 amide bonds. The van der Waals surface area contributed by atoms with Gasteiger partial charge in [0.2, 0.25) is 5.92 Å². The van der Waals surface area contributed by atoms with Crippen molar-refractivity contribution < 1.29 is 13.5 Å². The number of terminal acetylenes is 1. The molecule has 1 aliphatic carbocycles. The van der Waals surface area contributed by atoms with Crippen LogP contribution in [0.25, 0.3) is 0 Å². The first-order valence-electron chi connectivity index (χ1n) is 3.94. The van der Waals surface area contributed by atoms with E-state index in [0.717, 1.165) is 0 Å². The summed E-state index contributed by atoms with van der Waals surface area (Å²) >= 11 is 0. The summed E-state index contributed by atoms with van der Waals surface area (Å²) in [7, 11) is 1.48. The van der Waals surface area contributed by atoms with Gasteiger partial charge in [0.1, 0.15) is 5.60 Å². The van der Waals surface area contributed by atoms with Crippen LogP contribution in [0.2, 0.25) is 0 Å². The predicted molar refractivity (Wildman–Crippen MR) is 42.0 cm³/mol. The fourth-order valence-corrected chi connectivity index (χ4v) is 1.43.